The summed E-state index contributed by atoms with van der Waals surface area (Å²) < 4.78 is 57.2. The van der Waals surface area contributed by atoms with E-state index in [-0.39, 0.29) is 39.6 Å². The van der Waals surface area contributed by atoms with Gasteiger partial charge in [0, 0.05) is 12.1 Å². The summed E-state index contributed by atoms with van der Waals surface area (Å²) in [6.45, 7) is 1.51. The lowest BCUT2D eigenvalue weighted by molar-refractivity contribution is -0.116. The first kappa shape index (κ1) is 20.8. The van der Waals surface area contributed by atoms with Crippen molar-refractivity contribution in [2.45, 2.75) is 18.2 Å². The van der Waals surface area contributed by atoms with Crippen LogP contribution in [0.2, 0.25) is 0 Å². The molecule has 1 amide bonds. The van der Waals surface area contributed by atoms with Crippen LogP contribution >= 0.6 is 0 Å². The number of nitrogens with zero attached hydrogens (tertiary/aromatic N) is 1. The lowest BCUT2D eigenvalue weighted by atomic mass is 10.2. The Balaban J connectivity index is 1.88. The molecule has 0 saturated carbocycles. The van der Waals surface area contributed by atoms with Gasteiger partial charge in [0.2, 0.25) is 15.9 Å². The van der Waals surface area contributed by atoms with Gasteiger partial charge in [-0.05, 0) is 55.0 Å². The second-order valence-electron chi connectivity index (χ2n) is 6.35. The van der Waals surface area contributed by atoms with E-state index in [0.717, 1.165) is 0 Å². The fourth-order valence-corrected chi connectivity index (χ4v) is 5.67. The number of carbonyl (C=O) groups excluding carboxylic acids is 2. The van der Waals surface area contributed by atoms with Gasteiger partial charge in [-0.3, -0.25) is 9.52 Å². The van der Waals surface area contributed by atoms with Crippen LogP contribution in [0.5, 0.6) is 0 Å². The van der Waals surface area contributed by atoms with Crippen molar-refractivity contribution < 1.29 is 31.2 Å². The molecule has 0 spiro atoms. The fourth-order valence-electron chi connectivity index (χ4n) is 2.93. The minimum Gasteiger partial charge on any atom is -0.465 e. The van der Waals surface area contributed by atoms with E-state index in [2.05, 4.69) is 9.46 Å². The molecule has 3 rings (SSSR count). The van der Waals surface area contributed by atoms with Gasteiger partial charge in [-0.1, -0.05) is 0 Å². The smallest absolute Gasteiger partial charge is 0.337 e. The predicted molar refractivity (Wildman–Crippen MR) is 106 cm³/mol. The summed E-state index contributed by atoms with van der Waals surface area (Å²) in [5.41, 5.74) is 0.883. The molecule has 0 aromatic heterocycles. The minimum absolute atomic E-state index is 0.0673. The van der Waals surface area contributed by atoms with Gasteiger partial charge in [0.25, 0.3) is 10.0 Å². The highest BCUT2D eigenvalue weighted by Gasteiger charge is 2.36. The summed E-state index contributed by atoms with van der Waals surface area (Å²) >= 11 is 0. The van der Waals surface area contributed by atoms with Crippen LogP contribution in [0.1, 0.15) is 22.3 Å². The van der Waals surface area contributed by atoms with Gasteiger partial charge >= 0.3 is 5.97 Å². The molecule has 1 heterocycles. The van der Waals surface area contributed by atoms with E-state index in [4.69, 9.17) is 0 Å². The number of hydrogen-bond donors (Lipinski definition) is 1. The van der Waals surface area contributed by atoms with Crippen molar-refractivity contribution in [3.8, 4) is 0 Å². The Morgan fingerprint density at radius 1 is 1.14 bits per heavy atom. The Hall–Kier alpha value is -2.92. The van der Waals surface area contributed by atoms with Crippen molar-refractivity contribution in [2.75, 3.05) is 21.9 Å². The van der Waals surface area contributed by atoms with Crippen LogP contribution < -0.4 is 9.03 Å². The number of ether oxygens (including phenoxy) is 1. The highest BCUT2D eigenvalue weighted by Crippen LogP contribution is 2.29. The molecule has 0 bridgehead atoms. The molecule has 1 aliphatic heterocycles. The standard InChI is InChI=1S/C18H18N2O7S2/c1-12-11-15(20-17(21)9-10-28(20,23)24)7-8-16(12)29(25,26)19-14-5-3-13(4-6-14)18(22)27-2/h3-8,11,19H,9-10H2,1-2H3. The fraction of sp³-hybridized carbons (Fsp3) is 0.222. The lowest BCUT2D eigenvalue weighted by Gasteiger charge is -2.17. The van der Waals surface area contributed by atoms with Crippen molar-refractivity contribution in [3.05, 3.63) is 53.6 Å². The monoisotopic (exact) mass is 438 g/mol. The zero-order valence-corrected chi connectivity index (χ0v) is 17.2. The van der Waals surface area contributed by atoms with Gasteiger partial charge in [-0.15, -0.1) is 0 Å². The number of esters is 1. The number of nitrogens with one attached hydrogen (secondary N) is 1. The molecule has 11 heteroatoms. The Bertz CT molecular complexity index is 1190. The third-order valence-corrected chi connectivity index (χ3v) is 7.55. The van der Waals surface area contributed by atoms with Crippen molar-refractivity contribution >= 4 is 43.3 Å². The summed E-state index contributed by atoms with van der Waals surface area (Å²) in [7, 11) is -6.48. The maximum absolute atomic E-state index is 12.7. The van der Waals surface area contributed by atoms with Gasteiger partial charge in [0.15, 0.2) is 0 Å². The van der Waals surface area contributed by atoms with Crippen LogP contribution in [0.25, 0.3) is 0 Å². The SMILES string of the molecule is COC(=O)c1ccc(NS(=O)(=O)c2ccc(N3C(=O)CCS3(=O)=O)cc2C)cc1. The van der Waals surface area contributed by atoms with Crippen LogP contribution in [0.4, 0.5) is 11.4 Å². The molecule has 1 N–H and O–H groups in total. The first-order valence-electron chi connectivity index (χ1n) is 8.43. The van der Waals surface area contributed by atoms with E-state index in [1.807, 2.05) is 0 Å². The molecule has 0 unspecified atom stereocenters. The molecule has 9 nitrogen and oxygen atoms in total. The number of amides is 1. The van der Waals surface area contributed by atoms with Gasteiger partial charge in [-0.2, -0.15) is 0 Å². The molecular weight excluding hydrogens is 420 g/mol. The Kier molecular flexibility index (Phi) is 5.37. The molecule has 2 aromatic carbocycles. The topological polar surface area (TPSA) is 127 Å². The van der Waals surface area contributed by atoms with E-state index in [0.29, 0.717) is 4.31 Å². The zero-order chi connectivity index (χ0) is 21.4. The molecular formula is C18H18N2O7S2. The van der Waals surface area contributed by atoms with E-state index < -0.39 is 31.9 Å². The number of hydrogen-bond acceptors (Lipinski definition) is 7. The number of benzene rings is 2. The number of anilines is 2. The van der Waals surface area contributed by atoms with Crippen molar-refractivity contribution in [2.24, 2.45) is 0 Å². The van der Waals surface area contributed by atoms with E-state index in [1.165, 1.54) is 56.5 Å². The number of carbonyl (C=O) groups is 2. The predicted octanol–water partition coefficient (Wildman–Crippen LogP) is 1.65. The molecule has 0 atom stereocenters. The summed E-state index contributed by atoms with van der Waals surface area (Å²) in [5, 5.41) is 0. The van der Waals surface area contributed by atoms with Crippen LogP contribution in [-0.4, -0.2) is 41.6 Å². The van der Waals surface area contributed by atoms with Crippen molar-refractivity contribution in [3.63, 3.8) is 0 Å². The minimum atomic E-state index is -3.98. The zero-order valence-electron chi connectivity index (χ0n) is 15.6. The summed E-state index contributed by atoms with van der Waals surface area (Å²) in [6, 6.07) is 9.55. The quantitative estimate of drug-likeness (QED) is 0.703. The molecule has 2 aromatic rings. The van der Waals surface area contributed by atoms with E-state index >= 15 is 0 Å². The van der Waals surface area contributed by atoms with Crippen LogP contribution in [0.3, 0.4) is 0 Å². The largest absolute Gasteiger partial charge is 0.465 e. The van der Waals surface area contributed by atoms with E-state index in [9.17, 15) is 26.4 Å². The third-order valence-electron chi connectivity index (χ3n) is 4.32. The molecule has 0 aliphatic carbocycles. The Labute approximate surface area is 168 Å². The summed E-state index contributed by atoms with van der Waals surface area (Å²) in [6.07, 6.45) is -0.107. The highest BCUT2D eigenvalue weighted by molar-refractivity contribution is 7.94. The van der Waals surface area contributed by atoms with E-state index in [1.54, 1.807) is 0 Å². The van der Waals surface area contributed by atoms with Gasteiger partial charge in [-0.25, -0.2) is 25.9 Å². The Morgan fingerprint density at radius 3 is 2.31 bits per heavy atom. The van der Waals surface area contributed by atoms with Gasteiger partial charge in [0.05, 0.1) is 29.0 Å². The number of rotatable bonds is 5. The number of aryl methyl sites for hydroxylation is 1. The third kappa shape index (κ3) is 4.10. The van der Waals surface area contributed by atoms with Gasteiger partial charge in [0.1, 0.15) is 0 Å². The molecule has 0 radical (unpaired) electrons. The number of methoxy groups -OCH3 is 1. The lowest BCUT2D eigenvalue weighted by Crippen LogP contribution is -2.29. The summed E-state index contributed by atoms with van der Waals surface area (Å²) in [4.78, 5) is 23.3. The highest BCUT2D eigenvalue weighted by atomic mass is 32.2. The van der Waals surface area contributed by atoms with Crippen LogP contribution in [-0.2, 0) is 29.6 Å². The van der Waals surface area contributed by atoms with Crippen molar-refractivity contribution in [1.29, 1.82) is 0 Å². The molecule has 1 aliphatic rings. The molecule has 154 valence electrons. The Morgan fingerprint density at radius 2 is 1.79 bits per heavy atom. The van der Waals surface area contributed by atoms with Crippen LogP contribution in [0.15, 0.2) is 47.4 Å². The maximum Gasteiger partial charge on any atom is 0.337 e. The maximum atomic E-state index is 12.7. The average molecular weight is 438 g/mol. The van der Waals surface area contributed by atoms with Gasteiger partial charge < -0.3 is 4.74 Å². The normalized spacial score (nSPS) is 15.9. The average Bonchev–Trinajstić information content (AvgIpc) is 2.93. The first-order valence-corrected chi connectivity index (χ1v) is 11.5. The molecule has 1 fully saturated rings. The second kappa shape index (κ2) is 7.48. The number of sulfonamides is 2. The molecule has 1 saturated heterocycles. The van der Waals surface area contributed by atoms with Crippen molar-refractivity contribution in [1.82, 2.24) is 0 Å². The molecule has 29 heavy (non-hydrogen) atoms. The van der Waals surface area contributed by atoms with Crippen LogP contribution in [0, 0.1) is 6.92 Å². The summed E-state index contributed by atoms with van der Waals surface area (Å²) in [5.74, 6) is -1.37. The first-order chi connectivity index (χ1) is 13.5. The second-order valence-corrected chi connectivity index (χ2v) is 9.94.